The summed E-state index contributed by atoms with van der Waals surface area (Å²) < 4.78 is 5.63. The molecule has 0 spiro atoms. The summed E-state index contributed by atoms with van der Waals surface area (Å²) in [7, 11) is 1.68. The molecule has 0 saturated carbocycles. The van der Waals surface area contributed by atoms with Gasteiger partial charge in [-0.3, -0.25) is 4.98 Å². The first-order valence-corrected chi connectivity index (χ1v) is 10.2. The van der Waals surface area contributed by atoms with Gasteiger partial charge >= 0.3 is 0 Å². The average molecular weight is 415 g/mol. The maximum Gasteiger partial charge on any atom is 0.127 e. The van der Waals surface area contributed by atoms with Gasteiger partial charge in [0.25, 0.3) is 0 Å². The number of ether oxygens (including phenoxy) is 1. The Bertz CT molecular complexity index is 1340. The molecule has 0 radical (unpaired) electrons. The molecular weight excluding hydrogens is 392 g/mol. The Hall–Kier alpha value is -4.42. The van der Waals surface area contributed by atoms with Crippen molar-refractivity contribution in [2.45, 2.75) is 0 Å². The van der Waals surface area contributed by atoms with Crippen molar-refractivity contribution in [3.8, 4) is 45.3 Å². The summed E-state index contributed by atoms with van der Waals surface area (Å²) >= 11 is 0. The molecule has 4 aromatic rings. The molecule has 0 N–H and O–H groups in total. The van der Waals surface area contributed by atoms with E-state index in [9.17, 15) is 5.26 Å². The molecule has 154 valence electrons. The fraction of sp³-hybridized carbons (Fsp3) is 0.0345. The van der Waals surface area contributed by atoms with Gasteiger partial charge in [-0.25, -0.2) is 0 Å². The molecule has 0 aliphatic carbocycles. The molecule has 4 rings (SSSR count). The van der Waals surface area contributed by atoms with Crippen molar-refractivity contribution in [2.24, 2.45) is 0 Å². The van der Waals surface area contributed by atoms with E-state index in [4.69, 9.17) is 4.74 Å². The van der Waals surface area contributed by atoms with E-state index in [0.717, 1.165) is 50.4 Å². The lowest BCUT2D eigenvalue weighted by Crippen LogP contribution is -1.94. The molecule has 0 aliphatic heterocycles. The zero-order chi connectivity index (χ0) is 22.5. The molecule has 0 bridgehead atoms. The van der Waals surface area contributed by atoms with E-state index in [2.05, 4.69) is 60.6 Å². The fourth-order valence-corrected chi connectivity index (χ4v) is 3.83. The van der Waals surface area contributed by atoms with E-state index in [0.29, 0.717) is 5.56 Å². The second-order valence-electron chi connectivity index (χ2n) is 7.25. The van der Waals surface area contributed by atoms with Crippen molar-refractivity contribution >= 4 is 12.2 Å². The molecule has 0 amide bonds. The molecule has 0 aliphatic rings. The normalized spacial score (nSPS) is 10.2. The van der Waals surface area contributed by atoms with Gasteiger partial charge in [0.2, 0.25) is 0 Å². The molecule has 0 unspecified atom stereocenters. The van der Waals surface area contributed by atoms with Crippen LogP contribution >= 0.6 is 0 Å². The van der Waals surface area contributed by atoms with Crippen LogP contribution in [0, 0.1) is 11.3 Å². The molecular formula is C29H22N2O. The number of hydrogen-bond acceptors (Lipinski definition) is 3. The first-order chi connectivity index (χ1) is 15.7. The molecule has 0 fully saturated rings. The van der Waals surface area contributed by atoms with E-state index in [1.165, 1.54) is 0 Å². The maximum atomic E-state index is 9.17. The lowest BCUT2D eigenvalue weighted by atomic mass is 9.92. The van der Waals surface area contributed by atoms with Crippen LogP contribution < -0.4 is 4.74 Å². The van der Waals surface area contributed by atoms with Gasteiger partial charge in [-0.05, 0) is 52.1 Å². The van der Waals surface area contributed by atoms with Crippen molar-refractivity contribution in [3.05, 3.63) is 109 Å². The predicted molar refractivity (Wildman–Crippen MR) is 132 cm³/mol. The molecule has 0 saturated heterocycles. The van der Waals surface area contributed by atoms with Crippen LogP contribution in [0.4, 0.5) is 0 Å². The molecule has 32 heavy (non-hydrogen) atoms. The minimum absolute atomic E-state index is 0.596. The standard InChI is InChI=1S/C29H22N2O/c1-4-21-13-14-28(32-3)29(26(21)5-2)23-11-9-22(10-12-23)24-7-6-8-25(18-24)27-17-20(19-30)15-16-31-27/h4-18H,1-2H2,3H3. The Morgan fingerprint density at radius 2 is 1.59 bits per heavy atom. The highest BCUT2D eigenvalue weighted by Gasteiger charge is 2.13. The third-order valence-corrected chi connectivity index (χ3v) is 5.44. The summed E-state index contributed by atoms with van der Waals surface area (Å²) in [5.74, 6) is 0.795. The van der Waals surface area contributed by atoms with Crippen LogP contribution in [0.2, 0.25) is 0 Å². The molecule has 3 aromatic carbocycles. The van der Waals surface area contributed by atoms with Gasteiger partial charge in [0.05, 0.1) is 24.4 Å². The lowest BCUT2D eigenvalue weighted by Gasteiger charge is -2.15. The first-order valence-electron chi connectivity index (χ1n) is 10.2. The van der Waals surface area contributed by atoms with E-state index in [-0.39, 0.29) is 0 Å². The van der Waals surface area contributed by atoms with Crippen LogP contribution in [0.1, 0.15) is 16.7 Å². The summed E-state index contributed by atoms with van der Waals surface area (Å²) in [6, 6.07) is 26.2. The summed E-state index contributed by atoms with van der Waals surface area (Å²) in [6.07, 6.45) is 5.33. The summed E-state index contributed by atoms with van der Waals surface area (Å²) in [5.41, 5.74) is 8.57. The largest absolute Gasteiger partial charge is 0.496 e. The number of aromatic nitrogens is 1. The minimum atomic E-state index is 0.596. The van der Waals surface area contributed by atoms with Crippen LogP contribution in [-0.4, -0.2) is 12.1 Å². The Morgan fingerprint density at radius 1 is 0.844 bits per heavy atom. The average Bonchev–Trinajstić information content (AvgIpc) is 2.87. The van der Waals surface area contributed by atoms with Gasteiger partial charge in [-0.15, -0.1) is 0 Å². The van der Waals surface area contributed by atoms with Crippen molar-refractivity contribution in [1.82, 2.24) is 4.98 Å². The third kappa shape index (κ3) is 3.95. The SMILES string of the molecule is C=Cc1ccc(OC)c(-c2ccc(-c3cccc(-c4cc(C#N)ccn4)c3)cc2)c1C=C. The van der Waals surface area contributed by atoms with Gasteiger partial charge in [-0.1, -0.05) is 73.8 Å². The van der Waals surface area contributed by atoms with Gasteiger partial charge < -0.3 is 4.74 Å². The molecule has 1 heterocycles. The zero-order valence-electron chi connectivity index (χ0n) is 17.9. The van der Waals surface area contributed by atoms with E-state index in [1.54, 1.807) is 25.4 Å². The lowest BCUT2D eigenvalue weighted by molar-refractivity contribution is 0.416. The Kier molecular flexibility index (Phi) is 5.96. The van der Waals surface area contributed by atoms with Gasteiger partial charge in [-0.2, -0.15) is 5.26 Å². The first kappa shape index (κ1) is 20.8. The van der Waals surface area contributed by atoms with Gasteiger partial charge in [0.1, 0.15) is 5.75 Å². The molecule has 3 nitrogen and oxygen atoms in total. The smallest absolute Gasteiger partial charge is 0.127 e. The summed E-state index contributed by atoms with van der Waals surface area (Å²) in [4.78, 5) is 4.42. The Labute approximate surface area is 188 Å². The number of nitriles is 1. The highest BCUT2D eigenvalue weighted by molar-refractivity contribution is 5.86. The number of benzene rings is 3. The van der Waals surface area contributed by atoms with Crippen LogP contribution in [0.25, 0.3) is 45.7 Å². The molecule has 0 atom stereocenters. The van der Waals surface area contributed by atoms with Gasteiger partial charge in [0.15, 0.2) is 0 Å². The quantitative estimate of drug-likeness (QED) is 0.334. The molecule has 1 aromatic heterocycles. The zero-order valence-corrected chi connectivity index (χ0v) is 17.9. The minimum Gasteiger partial charge on any atom is -0.496 e. The number of methoxy groups -OCH3 is 1. The van der Waals surface area contributed by atoms with Crippen molar-refractivity contribution in [1.29, 1.82) is 5.26 Å². The number of hydrogen-bond donors (Lipinski definition) is 0. The van der Waals surface area contributed by atoms with E-state index < -0.39 is 0 Å². The highest BCUT2D eigenvalue weighted by Crippen LogP contribution is 2.37. The summed E-state index contributed by atoms with van der Waals surface area (Å²) in [5, 5.41) is 9.17. The van der Waals surface area contributed by atoms with Crippen LogP contribution in [0.15, 0.2) is 92.2 Å². The highest BCUT2D eigenvalue weighted by atomic mass is 16.5. The van der Waals surface area contributed by atoms with E-state index in [1.807, 2.05) is 36.4 Å². The third-order valence-electron chi connectivity index (χ3n) is 5.44. The van der Waals surface area contributed by atoms with Crippen molar-refractivity contribution < 1.29 is 4.74 Å². The number of pyridine rings is 1. The monoisotopic (exact) mass is 414 g/mol. The van der Waals surface area contributed by atoms with Crippen LogP contribution in [0.5, 0.6) is 5.75 Å². The van der Waals surface area contributed by atoms with Crippen molar-refractivity contribution in [2.75, 3.05) is 7.11 Å². The Morgan fingerprint density at radius 3 is 2.28 bits per heavy atom. The Balaban J connectivity index is 1.74. The number of rotatable bonds is 6. The van der Waals surface area contributed by atoms with Crippen LogP contribution in [-0.2, 0) is 0 Å². The van der Waals surface area contributed by atoms with Crippen molar-refractivity contribution in [3.63, 3.8) is 0 Å². The second kappa shape index (κ2) is 9.16. The fourth-order valence-electron chi connectivity index (χ4n) is 3.83. The topological polar surface area (TPSA) is 45.9 Å². The predicted octanol–water partition coefficient (Wildman–Crippen LogP) is 7.25. The molecule has 3 heteroatoms. The van der Waals surface area contributed by atoms with E-state index >= 15 is 0 Å². The number of nitrogens with zero attached hydrogens (tertiary/aromatic N) is 2. The maximum absolute atomic E-state index is 9.17. The van der Waals surface area contributed by atoms with Gasteiger partial charge in [0, 0.05) is 17.3 Å². The second-order valence-corrected chi connectivity index (χ2v) is 7.25. The van der Waals surface area contributed by atoms with Crippen LogP contribution in [0.3, 0.4) is 0 Å². The summed E-state index contributed by atoms with van der Waals surface area (Å²) in [6.45, 7) is 7.90.